The molecule has 90 valence electrons. The molecule has 1 aromatic rings. The van der Waals surface area contributed by atoms with E-state index < -0.39 is 0 Å². The lowest BCUT2D eigenvalue weighted by molar-refractivity contribution is 0.465. The normalized spacial score (nSPS) is 13.1. The van der Waals surface area contributed by atoms with E-state index in [1.807, 2.05) is 26.0 Å². The Hall–Kier alpha value is -1.02. The maximum atomic E-state index is 9.68. The zero-order valence-electron chi connectivity index (χ0n) is 10.7. The number of aromatic hydroxyl groups is 1. The third-order valence-corrected chi connectivity index (χ3v) is 2.82. The molecule has 0 aliphatic heterocycles. The number of aryl methyl sites for hydroxylation is 2. The van der Waals surface area contributed by atoms with Crippen LogP contribution < -0.4 is 5.73 Å². The highest BCUT2D eigenvalue weighted by atomic mass is 16.3. The van der Waals surface area contributed by atoms with Crippen molar-refractivity contribution in [3.63, 3.8) is 0 Å². The van der Waals surface area contributed by atoms with E-state index in [0.717, 1.165) is 24.0 Å². The highest BCUT2D eigenvalue weighted by molar-refractivity contribution is 5.42. The fourth-order valence-corrected chi connectivity index (χ4v) is 2.16. The average molecular weight is 221 g/mol. The van der Waals surface area contributed by atoms with E-state index in [0.29, 0.717) is 11.7 Å². The van der Waals surface area contributed by atoms with Crippen LogP contribution in [0.25, 0.3) is 0 Å². The van der Waals surface area contributed by atoms with Gasteiger partial charge in [0.15, 0.2) is 0 Å². The lowest BCUT2D eigenvalue weighted by atomic mass is 9.96. The van der Waals surface area contributed by atoms with Crippen molar-refractivity contribution >= 4 is 0 Å². The number of benzene rings is 1. The van der Waals surface area contributed by atoms with Crippen molar-refractivity contribution in [3.8, 4) is 5.75 Å². The molecule has 1 atom stereocenters. The Morgan fingerprint density at radius 2 is 1.69 bits per heavy atom. The molecule has 0 aliphatic carbocycles. The highest BCUT2D eigenvalue weighted by Gasteiger charge is 2.09. The minimum Gasteiger partial charge on any atom is -0.507 e. The summed E-state index contributed by atoms with van der Waals surface area (Å²) in [5.74, 6) is 1.04. The topological polar surface area (TPSA) is 46.2 Å². The highest BCUT2D eigenvalue weighted by Crippen LogP contribution is 2.23. The molecular weight excluding hydrogens is 198 g/mol. The van der Waals surface area contributed by atoms with Crippen LogP contribution in [0, 0.1) is 19.8 Å². The van der Waals surface area contributed by atoms with Crippen molar-refractivity contribution in [3.05, 3.63) is 28.8 Å². The summed E-state index contributed by atoms with van der Waals surface area (Å²) in [5, 5.41) is 9.68. The van der Waals surface area contributed by atoms with E-state index in [4.69, 9.17) is 5.73 Å². The van der Waals surface area contributed by atoms with Crippen molar-refractivity contribution in [2.75, 3.05) is 0 Å². The summed E-state index contributed by atoms with van der Waals surface area (Å²) in [6.45, 7) is 8.24. The van der Waals surface area contributed by atoms with Crippen LogP contribution in [0.4, 0.5) is 0 Å². The lowest BCUT2D eigenvalue weighted by Crippen LogP contribution is -2.24. The summed E-state index contributed by atoms with van der Waals surface area (Å²) in [6.07, 6.45) is 1.93. The van der Waals surface area contributed by atoms with Crippen molar-refractivity contribution in [1.29, 1.82) is 0 Å². The zero-order valence-corrected chi connectivity index (χ0v) is 10.7. The second-order valence-electron chi connectivity index (χ2n) is 5.17. The van der Waals surface area contributed by atoms with E-state index in [1.165, 1.54) is 5.56 Å². The van der Waals surface area contributed by atoms with Crippen LogP contribution in [0.5, 0.6) is 5.75 Å². The number of hydrogen-bond donors (Lipinski definition) is 2. The third-order valence-electron chi connectivity index (χ3n) is 2.82. The van der Waals surface area contributed by atoms with Gasteiger partial charge in [-0.05, 0) is 49.3 Å². The smallest absolute Gasteiger partial charge is 0.121 e. The summed E-state index contributed by atoms with van der Waals surface area (Å²) in [4.78, 5) is 0. The largest absolute Gasteiger partial charge is 0.507 e. The van der Waals surface area contributed by atoms with E-state index in [-0.39, 0.29) is 6.04 Å². The van der Waals surface area contributed by atoms with Gasteiger partial charge in [-0.25, -0.2) is 0 Å². The number of nitrogens with two attached hydrogens (primary N) is 1. The first-order valence-corrected chi connectivity index (χ1v) is 5.94. The zero-order chi connectivity index (χ0) is 12.3. The number of phenols is 1. The van der Waals surface area contributed by atoms with Crippen molar-refractivity contribution in [2.24, 2.45) is 11.7 Å². The van der Waals surface area contributed by atoms with Crippen LogP contribution in [0.2, 0.25) is 0 Å². The fraction of sp³-hybridized carbons (Fsp3) is 0.571. The molecule has 0 spiro atoms. The van der Waals surface area contributed by atoms with Crippen molar-refractivity contribution in [2.45, 2.75) is 46.6 Å². The first-order valence-electron chi connectivity index (χ1n) is 5.94. The Balaban J connectivity index is 2.74. The molecular formula is C14H23NO. The Labute approximate surface area is 98.5 Å². The molecule has 2 heteroatoms. The average Bonchev–Trinajstić information content (AvgIpc) is 2.12. The fourth-order valence-electron chi connectivity index (χ4n) is 2.16. The molecule has 1 unspecified atom stereocenters. The molecule has 16 heavy (non-hydrogen) atoms. The van der Waals surface area contributed by atoms with Gasteiger partial charge in [0, 0.05) is 6.04 Å². The Kier molecular flexibility index (Phi) is 4.36. The first kappa shape index (κ1) is 13.0. The van der Waals surface area contributed by atoms with E-state index in [2.05, 4.69) is 13.8 Å². The predicted molar refractivity (Wildman–Crippen MR) is 68.7 cm³/mol. The van der Waals surface area contributed by atoms with Crippen LogP contribution in [0.3, 0.4) is 0 Å². The van der Waals surface area contributed by atoms with Gasteiger partial charge in [0.05, 0.1) is 0 Å². The monoisotopic (exact) mass is 221 g/mol. The van der Waals surface area contributed by atoms with Gasteiger partial charge >= 0.3 is 0 Å². The molecule has 1 rings (SSSR count). The molecule has 0 radical (unpaired) electrons. The van der Waals surface area contributed by atoms with Gasteiger partial charge in [-0.1, -0.05) is 26.0 Å². The maximum Gasteiger partial charge on any atom is 0.121 e. The number of rotatable bonds is 4. The van der Waals surface area contributed by atoms with Crippen molar-refractivity contribution in [1.82, 2.24) is 0 Å². The molecule has 0 saturated heterocycles. The molecule has 0 saturated carbocycles. The number of hydrogen-bond acceptors (Lipinski definition) is 2. The van der Waals surface area contributed by atoms with Crippen LogP contribution in [-0.2, 0) is 6.42 Å². The summed E-state index contributed by atoms with van der Waals surface area (Å²) < 4.78 is 0. The van der Waals surface area contributed by atoms with Crippen LogP contribution in [-0.4, -0.2) is 11.1 Å². The molecule has 0 aliphatic rings. The SMILES string of the molecule is Cc1cc(CC(N)CC(C)C)cc(C)c1O. The summed E-state index contributed by atoms with van der Waals surface area (Å²) in [6, 6.07) is 4.27. The Morgan fingerprint density at radius 1 is 1.19 bits per heavy atom. The Bertz CT molecular complexity index is 335. The molecule has 0 aromatic heterocycles. The second-order valence-corrected chi connectivity index (χ2v) is 5.17. The molecule has 3 N–H and O–H groups in total. The van der Waals surface area contributed by atoms with E-state index in [9.17, 15) is 5.11 Å². The van der Waals surface area contributed by atoms with Crippen LogP contribution >= 0.6 is 0 Å². The van der Waals surface area contributed by atoms with Crippen molar-refractivity contribution < 1.29 is 5.11 Å². The molecule has 1 aromatic carbocycles. The standard InChI is InChI=1S/C14H23NO/c1-9(2)5-13(15)8-12-6-10(3)14(16)11(4)7-12/h6-7,9,13,16H,5,8,15H2,1-4H3. The van der Waals surface area contributed by atoms with Crippen LogP contribution in [0.15, 0.2) is 12.1 Å². The van der Waals surface area contributed by atoms with Gasteiger partial charge < -0.3 is 10.8 Å². The maximum absolute atomic E-state index is 9.68. The summed E-state index contributed by atoms with van der Waals surface area (Å²) in [5.41, 5.74) is 9.18. The van der Waals surface area contributed by atoms with Gasteiger partial charge in [-0.15, -0.1) is 0 Å². The minimum absolute atomic E-state index is 0.211. The molecule has 0 heterocycles. The van der Waals surface area contributed by atoms with Gasteiger partial charge in [-0.2, -0.15) is 0 Å². The third kappa shape index (κ3) is 3.53. The quantitative estimate of drug-likeness (QED) is 0.821. The molecule has 0 bridgehead atoms. The van der Waals surface area contributed by atoms with Gasteiger partial charge in [0.2, 0.25) is 0 Å². The van der Waals surface area contributed by atoms with Gasteiger partial charge in [0.1, 0.15) is 5.75 Å². The Morgan fingerprint density at radius 3 is 2.12 bits per heavy atom. The number of phenolic OH excluding ortho intramolecular Hbond substituents is 1. The minimum atomic E-state index is 0.211. The van der Waals surface area contributed by atoms with Gasteiger partial charge in [-0.3, -0.25) is 0 Å². The molecule has 2 nitrogen and oxygen atoms in total. The predicted octanol–water partition coefficient (Wildman–Crippen LogP) is 2.92. The summed E-state index contributed by atoms with van der Waals surface area (Å²) in [7, 11) is 0. The second kappa shape index (κ2) is 5.35. The molecule has 0 amide bonds. The molecule has 0 fully saturated rings. The van der Waals surface area contributed by atoms with E-state index in [1.54, 1.807) is 0 Å². The summed E-state index contributed by atoms with van der Waals surface area (Å²) >= 11 is 0. The van der Waals surface area contributed by atoms with E-state index >= 15 is 0 Å². The van der Waals surface area contributed by atoms with Gasteiger partial charge in [0.25, 0.3) is 0 Å². The lowest BCUT2D eigenvalue weighted by Gasteiger charge is -2.15. The van der Waals surface area contributed by atoms with Crippen LogP contribution in [0.1, 0.15) is 37.0 Å². The first-order chi connectivity index (χ1) is 7.40.